The van der Waals surface area contributed by atoms with E-state index in [1.54, 1.807) is 0 Å². The number of aromatic nitrogens is 2. The summed E-state index contributed by atoms with van der Waals surface area (Å²) in [6.45, 7) is 7.46. The Labute approximate surface area is 201 Å². The second-order valence-corrected chi connectivity index (χ2v) is 10.5. The van der Waals surface area contributed by atoms with Crippen molar-refractivity contribution in [3.05, 3.63) is 67.9 Å². The van der Waals surface area contributed by atoms with Gasteiger partial charge in [-0.05, 0) is 43.0 Å². The molecule has 176 valence electrons. The summed E-state index contributed by atoms with van der Waals surface area (Å²) in [7, 11) is 0. The zero-order valence-electron chi connectivity index (χ0n) is 19.2. The molecule has 0 saturated heterocycles. The van der Waals surface area contributed by atoms with E-state index in [4.69, 9.17) is 4.74 Å². The van der Waals surface area contributed by atoms with Crippen molar-refractivity contribution < 1.29 is 4.74 Å². The molecule has 2 heterocycles. The van der Waals surface area contributed by atoms with Crippen molar-refractivity contribution in [3.8, 4) is 0 Å². The number of hydrogen-bond donors (Lipinski definition) is 0. The first-order valence-electron chi connectivity index (χ1n) is 11.5. The van der Waals surface area contributed by atoms with E-state index < -0.39 is 0 Å². The molecular formula is C25H31N3O3S2. The maximum absolute atomic E-state index is 12.7. The fraction of sp³-hybridized carbons (Fsp3) is 0.440. The summed E-state index contributed by atoms with van der Waals surface area (Å²) >= 11 is 2.53. The van der Waals surface area contributed by atoms with E-state index in [0.29, 0.717) is 25.9 Å². The molecule has 0 aliphatic heterocycles. The normalized spacial score (nSPS) is 12.8. The number of rotatable bonds is 12. The van der Waals surface area contributed by atoms with E-state index in [1.807, 2.05) is 57.7 Å². The van der Waals surface area contributed by atoms with Crippen LogP contribution in [0.1, 0.15) is 33.1 Å². The first-order valence-corrected chi connectivity index (χ1v) is 13.2. The number of para-hydroxylation sites is 2. The predicted octanol–water partition coefficient (Wildman–Crippen LogP) is 5.20. The third-order valence-corrected chi connectivity index (χ3v) is 7.70. The minimum atomic E-state index is 0.0216. The standard InChI is InChI=1S/C25H31N3O3S2/c1-3-9-19(2)16-31-15-8-14-26(17-27-20-10-4-6-12-22(20)32-24(27)29)18-28-21-11-5-7-13-23(21)33-25(28)30/h4-7,10-13,19H,3,8-9,14-18H2,1-2H3/t19-/m1/s1. The van der Waals surface area contributed by atoms with E-state index in [-0.39, 0.29) is 9.75 Å². The van der Waals surface area contributed by atoms with Gasteiger partial charge in [0.1, 0.15) is 0 Å². The van der Waals surface area contributed by atoms with Crippen LogP contribution in [0.25, 0.3) is 20.4 Å². The van der Waals surface area contributed by atoms with Gasteiger partial charge in [-0.15, -0.1) is 0 Å². The Balaban J connectivity index is 1.51. The van der Waals surface area contributed by atoms with Gasteiger partial charge in [0.05, 0.1) is 33.8 Å². The Morgan fingerprint density at radius 1 is 0.909 bits per heavy atom. The van der Waals surface area contributed by atoms with Crippen molar-refractivity contribution in [1.29, 1.82) is 0 Å². The van der Waals surface area contributed by atoms with Crippen molar-refractivity contribution in [2.75, 3.05) is 19.8 Å². The molecule has 0 amide bonds. The Kier molecular flexibility index (Phi) is 8.14. The molecule has 0 bridgehead atoms. The van der Waals surface area contributed by atoms with Gasteiger partial charge >= 0.3 is 9.75 Å². The molecule has 2 aromatic carbocycles. The Morgan fingerprint density at radius 2 is 1.45 bits per heavy atom. The van der Waals surface area contributed by atoms with Crippen LogP contribution in [-0.4, -0.2) is 33.8 Å². The summed E-state index contributed by atoms with van der Waals surface area (Å²) in [6, 6.07) is 15.7. The largest absolute Gasteiger partial charge is 0.381 e. The van der Waals surface area contributed by atoms with Crippen molar-refractivity contribution >= 4 is 43.1 Å². The van der Waals surface area contributed by atoms with Crippen LogP contribution in [-0.2, 0) is 18.1 Å². The quantitative estimate of drug-likeness (QED) is 0.259. The fourth-order valence-electron chi connectivity index (χ4n) is 4.13. The van der Waals surface area contributed by atoms with E-state index >= 15 is 0 Å². The summed E-state index contributed by atoms with van der Waals surface area (Å²) in [5, 5.41) is 0. The lowest BCUT2D eigenvalue weighted by molar-refractivity contribution is 0.0833. The summed E-state index contributed by atoms with van der Waals surface area (Å²) in [5.74, 6) is 0.567. The molecule has 0 radical (unpaired) electrons. The summed E-state index contributed by atoms with van der Waals surface area (Å²) in [6.07, 6.45) is 3.19. The van der Waals surface area contributed by atoms with E-state index in [0.717, 1.165) is 40.0 Å². The predicted molar refractivity (Wildman–Crippen MR) is 138 cm³/mol. The second-order valence-electron chi connectivity index (χ2n) is 8.53. The first-order chi connectivity index (χ1) is 16.1. The Morgan fingerprint density at radius 3 is 2.00 bits per heavy atom. The van der Waals surface area contributed by atoms with E-state index in [1.165, 1.54) is 35.5 Å². The van der Waals surface area contributed by atoms with Gasteiger partial charge in [-0.1, -0.05) is 67.2 Å². The molecule has 33 heavy (non-hydrogen) atoms. The molecule has 6 nitrogen and oxygen atoms in total. The van der Waals surface area contributed by atoms with Crippen LogP contribution in [0.4, 0.5) is 0 Å². The molecule has 4 aromatic rings. The molecule has 1 atom stereocenters. The zero-order chi connectivity index (χ0) is 23.2. The van der Waals surface area contributed by atoms with Crippen molar-refractivity contribution in [2.24, 2.45) is 5.92 Å². The topological polar surface area (TPSA) is 56.5 Å². The van der Waals surface area contributed by atoms with Crippen LogP contribution in [0, 0.1) is 5.92 Å². The summed E-state index contributed by atoms with van der Waals surface area (Å²) in [5.41, 5.74) is 1.87. The molecule has 2 aromatic heterocycles. The van der Waals surface area contributed by atoms with Gasteiger partial charge in [-0.25, -0.2) is 0 Å². The van der Waals surface area contributed by atoms with Crippen LogP contribution in [0.15, 0.2) is 58.1 Å². The smallest absolute Gasteiger partial charge is 0.309 e. The molecule has 0 unspecified atom stereocenters. The van der Waals surface area contributed by atoms with Gasteiger partial charge in [-0.2, -0.15) is 0 Å². The lowest BCUT2D eigenvalue weighted by atomic mass is 10.1. The minimum absolute atomic E-state index is 0.0216. The van der Waals surface area contributed by atoms with Crippen LogP contribution in [0.5, 0.6) is 0 Å². The average Bonchev–Trinajstić information content (AvgIpc) is 3.29. The molecule has 0 N–H and O–H groups in total. The minimum Gasteiger partial charge on any atom is -0.381 e. The van der Waals surface area contributed by atoms with Gasteiger partial charge < -0.3 is 4.74 Å². The molecular weight excluding hydrogens is 454 g/mol. The number of hydrogen-bond acceptors (Lipinski definition) is 6. The number of thiazole rings is 2. The Hall–Kier alpha value is -2.26. The van der Waals surface area contributed by atoms with Gasteiger partial charge in [0.25, 0.3) is 0 Å². The van der Waals surface area contributed by atoms with Crippen molar-refractivity contribution in [1.82, 2.24) is 14.0 Å². The van der Waals surface area contributed by atoms with Crippen LogP contribution < -0.4 is 9.75 Å². The average molecular weight is 486 g/mol. The van der Waals surface area contributed by atoms with Gasteiger partial charge in [0.2, 0.25) is 0 Å². The zero-order valence-corrected chi connectivity index (χ0v) is 20.9. The summed E-state index contributed by atoms with van der Waals surface area (Å²) < 4.78 is 11.5. The molecule has 4 rings (SSSR count). The van der Waals surface area contributed by atoms with Crippen molar-refractivity contribution in [3.63, 3.8) is 0 Å². The van der Waals surface area contributed by atoms with Crippen LogP contribution in [0.2, 0.25) is 0 Å². The fourth-order valence-corrected chi connectivity index (χ4v) is 5.90. The summed E-state index contributed by atoms with van der Waals surface area (Å²) in [4.78, 5) is 27.7. The second kappa shape index (κ2) is 11.2. The van der Waals surface area contributed by atoms with E-state index in [9.17, 15) is 9.59 Å². The molecule has 0 saturated carbocycles. The van der Waals surface area contributed by atoms with Gasteiger partial charge in [0.15, 0.2) is 0 Å². The van der Waals surface area contributed by atoms with Gasteiger partial charge in [-0.3, -0.25) is 23.6 Å². The molecule has 0 aliphatic rings. The third-order valence-electron chi connectivity index (χ3n) is 5.78. The lowest BCUT2D eigenvalue weighted by Gasteiger charge is -2.23. The van der Waals surface area contributed by atoms with Gasteiger partial charge in [0, 0.05) is 19.8 Å². The highest BCUT2D eigenvalue weighted by atomic mass is 32.1. The Bertz CT molecular complexity index is 1210. The van der Waals surface area contributed by atoms with Crippen molar-refractivity contribution in [2.45, 2.75) is 46.4 Å². The number of ether oxygens (including phenoxy) is 1. The highest BCUT2D eigenvalue weighted by Gasteiger charge is 2.15. The molecule has 0 fully saturated rings. The first kappa shape index (κ1) is 23.9. The van der Waals surface area contributed by atoms with Crippen LogP contribution in [0.3, 0.4) is 0 Å². The number of benzene rings is 2. The third kappa shape index (κ3) is 5.81. The monoisotopic (exact) mass is 485 g/mol. The maximum atomic E-state index is 12.7. The number of fused-ring (bicyclic) bond motifs is 2. The van der Waals surface area contributed by atoms with E-state index in [2.05, 4.69) is 18.7 Å². The maximum Gasteiger partial charge on any atom is 0.309 e. The molecule has 0 aliphatic carbocycles. The number of nitrogens with zero attached hydrogens (tertiary/aromatic N) is 3. The molecule has 8 heteroatoms. The molecule has 0 spiro atoms. The highest BCUT2D eigenvalue weighted by Crippen LogP contribution is 2.19. The highest BCUT2D eigenvalue weighted by molar-refractivity contribution is 7.16. The van der Waals surface area contributed by atoms with Crippen LogP contribution >= 0.6 is 22.7 Å². The lowest BCUT2D eigenvalue weighted by Crippen LogP contribution is -2.35. The SMILES string of the molecule is CCC[C@@H](C)COCCCN(Cn1c(=O)sc2ccccc21)Cn1c(=O)sc2ccccc21.